The van der Waals surface area contributed by atoms with Crippen LogP contribution >= 0.6 is 0 Å². The van der Waals surface area contributed by atoms with Crippen LogP contribution in [-0.2, 0) is 17.6 Å². The van der Waals surface area contributed by atoms with Crippen LogP contribution in [0.25, 0.3) is 5.69 Å². The molecule has 0 bridgehead atoms. The van der Waals surface area contributed by atoms with Crippen molar-refractivity contribution in [2.75, 3.05) is 6.54 Å². The van der Waals surface area contributed by atoms with Gasteiger partial charge in [0.2, 0.25) is 0 Å². The summed E-state index contributed by atoms with van der Waals surface area (Å²) < 4.78 is 29.0. The maximum absolute atomic E-state index is 14.2. The predicted octanol–water partition coefficient (Wildman–Crippen LogP) is 2.48. The molecule has 1 aromatic heterocycles. The van der Waals surface area contributed by atoms with Gasteiger partial charge in [0.05, 0.1) is 5.41 Å². The predicted molar refractivity (Wildman–Crippen MR) is 89.3 cm³/mol. The molecule has 0 unspecified atom stereocenters. The molecule has 0 saturated carbocycles. The van der Waals surface area contributed by atoms with Crippen molar-refractivity contribution in [3.05, 3.63) is 46.8 Å². The van der Waals surface area contributed by atoms with E-state index in [0.29, 0.717) is 24.1 Å². The lowest BCUT2D eigenvalue weighted by Gasteiger charge is -2.19. The van der Waals surface area contributed by atoms with Gasteiger partial charge in [-0.15, -0.1) is 0 Å². The third-order valence-corrected chi connectivity index (χ3v) is 4.57. The minimum absolute atomic E-state index is 0.0481. The zero-order valence-electron chi connectivity index (χ0n) is 14.5. The lowest BCUT2D eigenvalue weighted by molar-refractivity contribution is -0.146. The average molecular weight is 363 g/mol. The highest BCUT2D eigenvalue weighted by Crippen LogP contribution is 2.29. The first-order valence-electron chi connectivity index (χ1n) is 8.29. The molecule has 0 fully saturated rings. The second-order valence-electron chi connectivity index (χ2n) is 6.98. The Morgan fingerprint density at radius 2 is 2.04 bits per heavy atom. The zero-order valence-corrected chi connectivity index (χ0v) is 14.5. The van der Waals surface area contributed by atoms with Crippen molar-refractivity contribution >= 4 is 11.9 Å². The molecule has 1 aromatic carbocycles. The van der Waals surface area contributed by atoms with Gasteiger partial charge >= 0.3 is 5.97 Å². The van der Waals surface area contributed by atoms with Gasteiger partial charge in [0.1, 0.15) is 5.69 Å². The van der Waals surface area contributed by atoms with E-state index >= 15 is 0 Å². The first-order valence-corrected chi connectivity index (χ1v) is 8.29. The number of nitrogens with one attached hydrogen (secondary N) is 1. The molecule has 0 radical (unpaired) electrons. The Balaban J connectivity index is 1.94. The van der Waals surface area contributed by atoms with Crippen molar-refractivity contribution in [1.29, 1.82) is 0 Å². The zero-order chi connectivity index (χ0) is 19.1. The Hall–Kier alpha value is -2.77. The highest BCUT2D eigenvalue weighted by molar-refractivity contribution is 5.94. The number of rotatable bonds is 5. The monoisotopic (exact) mass is 363 g/mol. The fraction of sp³-hybridized carbons (Fsp3) is 0.389. The summed E-state index contributed by atoms with van der Waals surface area (Å²) in [5, 5.41) is 15.9. The number of nitrogens with zero attached hydrogens (tertiary/aromatic N) is 2. The molecule has 26 heavy (non-hydrogen) atoms. The van der Waals surface area contributed by atoms with Gasteiger partial charge in [-0.3, -0.25) is 9.59 Å². The topological polar surface area (TPSA) is 84.2 Å². The van der Waals surface area contributed by atoms with Crippen LogP contribution in [0.5, 0.6) is 0 Å². The van der Waals surface area contributed by atoms with E-state index in [0.717, 1.165) is 12.5 Å². The number of hydrogen-bond acceptors (Lipinski definition) is 3. The number of aromatic nitrogens is 2. The third kappa shape index (κ3) is 3.07. The Bertz CT molecular complexity index is 890. The van der Waals surface area contributed by atoms with Gasteiger partial charge in [-0.2, -0.15) is 5.10 Å². The van der Waals surface area contributed by atoms with Crippen LogP contribution in [0.3, 0.4) is 0 Å². The number of carbonyl (C=O) groups is 2. The van der Waals surface area contributed by atoms with Crippen molar-refractivity contribution in [1.82, 2.24) is 15.1 Å². The fourth-order valence-corrected chi connectivity index (χ4v) is 2.94. The summed E-state index contributed by atoms with van der Waals surface area (Å²) in [5.74, 6) is -3.56. The first kappa shape index (κ1) is 18.0. The summed E-state index contributed by atoms with van der Waals surface area (Å²) in [5.41, 5.74) is 0.322. The molecule has 0 spiro atoms. The lowest BCUT2D eigenvalue weighted by atomic mass is 9.94. The maximum Gasteiger partial charge on any atom is 0.310 e. The normalized spacial score (nSPS) is 13.5. The Morgan fingerprint density at radius 1 is 1.31 bits per heavy atom. The summed E-state index contributed by atoms with van der Waals surface area (Å²) in [6, 6.07) is 3.80. The molecule has 0 aliphatic heterocycles. The average Bonchev–Trinajstić information content (AvgIpc) is 3.18. The van der Waals surface area contributed by atoms with Gasteiger partial charge in [-0.1, -0.05) is 6.07 Å². The van der Waals surface area contributed by atoms with Crippen LogP contribution in [0.4, 0.5) is 8.78 Å². The van der Waals surface area contributed by atoms with E-state index in [4.69, 9.17) is 5.11 Å². The molecular formula is C18H19F2N3O3. The number of carbonyl (C=O) groups excluding carboxylic acids is 1. The quantitative estimate of drug-likeness (QED) is 0.855. The van der Waals surface area contributed by atoms with E-state index in [1.165, 1.54) is 30.7 Å². The number of carboxylic acids is 1. The second-order valence-corrected chi connectivity index (χ2v) is 6.98. The van der Waals surface area contributed by atoms with Crippen LogP contribution in [0, 0.1) is 17.0 Å². The minimum Gasteiger partial charge on any atom is -0.481 e. The molecule has 8 heteroatoms. The molecule has 1 amide bonds. The fourth-order valence-electron chi connectivity index (χ4n) is 2.94. The lowest BCUT2D eigenvalue weighted by Crippen LogP contribution is -2.39. The number of amides is 1. The maximum atomic E-state index is 14.2. The van der Waals surface area contributed by atoms with Crippen LogP contribution < -0.4 is 5.32 Å². The van der Waals surface area contributed by atoms with E-state index in [2.05, 4.69) is 10.4 Å². The summed E-state index contributed by atoms with van der Waals surface area (Å²) >= 11 is 0. The number of benzene rings is 1. The van der Waals surface area contributed by atoms with Crippen LogP contribution in [0.15, 0.2) is 18.2 Å². The number of hydrogen-bond donors (Lipinski definition) is 2. The molecule has 3 rings (SSSR count). The number of aliphatic carboxylic acids is 1. The van der Waals surface area contributed by atoms with E-state index in [1.54, 1.807) is 0 Å². The van der Waals surface area contributed by atoms with Gasteiger partial charge in [0.25, 0.3) is 5.91 Å². The van der Waals surface area contributed by atoms with Crippen molar-refractivity contribution in [3.63, 3.8) is 0 Å². The third-order valence-electron chi connectivity index (χ3n) is 4.57. The van der Waals surface area contributed by atoms with Crippen LogP contribution in [0.1, 0.15) is 42.0 Å². The summed E-state index contributed by atoms with van der Waals surface area (Å²) in [7, 11) is 0. The van der Waals surface area contributed by atoms with Crippen LogP contribution in [-0.4, -0.2) is 33.3 Å². The van der Waals surface area contributed by atoms with Crippen molar-refractivity contribution in [2.24, 2.45) is 5.41 Å². The SMILES string of the molecule is CC(C)(CNC(=O)c1nn(-c2cccc(F)c2F)c2c1CCC2)C(=O)O. The number of carboxylic acid groups (broad SMARTS) is 1. The van der Waals surface area contributed by atoms with Gasteiger partial charge in [-0.05, 0) is 45.2 Å². The highest BCUT2D eigenvalue weighted by atomic mass is 19.2. The Morgan fingerprint density at radius 3 is 2.73 bits per heavy atom. The molecule has 1 aliphatic rings. The Kier molecular flexibility index (Phi) is 4.52. The molecule has 2 N–H and O–H groups in total. The molecule has 6 nitrogen and oxygen atoms in total. The van der Waals surface area contributed by atoms with E-state index in [1.807, 2.05) is 0 Å². The van der Waals surface area contributed by atoms with Crippen LogP contribution in [0.2, 0.25) is 0 Å². The summed E-state index contributed by atoms with van der Waals surface area (Å²) in [6.07, 6.45) is 1.99. The molecule has 2 aromatic rings. The van der Waals surface area contributed by atoms with Crippen molar-refractivity contribution in [2.45, 2.75) is 33.1 Å². The van der Waals surface area contributed by atoms with Gasteiger partial charge in [0, 0.05) is 17.8 Å². The van der Waals surface area contributed by atoms with Gasteiger partial charge in [0.15, 0.2) is 17.3 Å². The molecule has 1 heterocycles. The molecule has 138 valence electrons. The largest absolute Gasteiger partial charge is 0.481 e. The Labute approximate surface area is 148 Å². The summed E-state index contributed by atoms with van der Waals surface area (Å²) in [6.45, 7) is 2.93. The first-order chi connectivity index (χ1) is 12.2. The smallest absolute Gasteiger partial charge is 0.310 e. The molecule has 1 aliphatic carbocycles. The van der Waals surface area contributed by atoms with E-state index in [9.17, 15) is 18.4 Å². The van der Waals surface area contributed by atoms with Crippen molar-refractivity contribution < 1.29 is 23.5 Å². The number of fused-ring (bicyclic) bond motifs is 1. The molecular weight excluding hydrogens is 344 g/mol. The van der Waals surface area contributed by atoms with Crippen molar-refractivity contribution in [3.8, 4) is 5.69 Å². The molecule has 0 atom stereocenters. The van der Waals surface area contributed by atoms with Gasteiger partial charge < -0.3 is 10.4 Å². The molecule has 0 saturated heterocycles. The number of halogens is 2. The van der Waals surface area contributed by atoms with E-state index in [-0.39, 0.29) is 17.9 Å². The standard InChI is InChI=1S/C18H19F2N3O3/c1-18(2,17(25)26)9-21-16(24)15-10-5-3-7-12(10)23(22-15)13-8-4-6-11(19)14(13)20/h4,6,8H,3,5,7,9H2,1-2H3,(H,21,24)(H,25,26). The van der Waals surface area contributed by atoms with E-state index < -0.39 is 28.9 Å². The summed E-state index contributed by atoms with van der Waals surface area (Å²) in [4.78, 5) is 23.7. The second kappa shape index (κ2) is 6.51. The highest BCUT2D eigenvalue weighted by Gasteiger charge is 2.31. The minimum atomic E-state index is -1.13. The van der Waals surface area contributed by atoms with Gasteiger partial charge in [-0.25, -0.2) is 13.5 Å².